The molecule has 124 valence electrons. The Kier molecular flexibility index (Phi) is 5.56. The van der Waals surface area contributed by atoms with Crippen molar-refractivity contribution in [2.24, 2.45) is 0 Å². The van der Waals surface area contributed by atoms with Gasteiger partial charge in [0.2, 0.25) is 11.8 Å². The van der Waals surface area contributed by atoms with Gasteiger partial charge in [-0.1, -0.05) is 30.3 Å². The summed E-state index contributed by atoms with van der Waals surface area (Å²) >= 11 is 0. The van der Waals surface area contributed by atoms with Gasteiger partial charge >= 0.3 is 0 Å². The van der Waals surface area contributed by atoms with Crippen LogP contribution in [0.4, 0.5) is 10.1 Å². The molecule has 0 spiro atoms. The summed E-state index contributed by atoms with van der Waals surface area (Å²) in [4.78, 5) is 33.8. The third-order valence-corrected chi connectivity index (χ3v) is 3.16. The second-order valence-electron chi connectivity index (χ2n) is 4.96. The van der Waals surface area contributed by atoms with Crippen LogP contribution < -0.4 is 10.9 Å². The van der Waals surface area contributed by atoms with Crippen LogP contribution >= 0.6 is 0 Å². The number of carbonyl (C=O) groups excluding carboxylic acids is 2. The van der Waals surface area contributed by atoms with Crippen molar-refractivity contribution in [2.45, 2.75) is 12.8 Å². The Hall–Kier alpha value is -3.29. The van der Waals surface area contributed by atoms with Crippen LogP contribution in [-0.2, 0) is 22.4 Å². The number of rotatable bonds is 5. The third-order valence-electron chi connectivity index (χ3n) is 3.16. The van der Waals surface area contributed by atoms with Crippen LogP contribution in [-0.4, -0.2) is 16.7 Å². The third kappa shape index (κ3) is 4.87. The van der Waals surface area contributed by atoms with Gasteiger partial charge < -0.3 is 0 Å². The number of para-hydroxylation sites is 1. The number of hydrogen-bond donors (Lipinski definition) is 2. The van der Waals surface area contributed by atoms with E-state index in [9.17, 15) is 24.1 Å². The van der Waals surface area contributed by atoms with Gasteiger partial charge in [0.1, 0.15) is 5.82 Å². The highest BCUT2D eigenvalue weighted by Gasteiger charge is 2.15. The SMILES string of the molecule is O=C(Cc1ccc(F)cc1)NNC(=O)Cc1ccccc1[N+](=O)[O-]. The van der Waals surface area contributed by atoms with E-state index in [2.05, 4.69) is 10.9 Å². The molecule has 0 saturated carbocycles. The van der Waals surface area contributed by atoms with Crippen molar-refractivity contribution in [3.8, 4) is 0 Å². The fourth-order valence-corrected chi connectivity index (χ4v) is 2.03. The van der Waals surface area contributed by atoms with Crippen LogP contribution in [0, 0.1) is 15.9 Å². The Bertz CT molecular complexity index is 762. The molecule has 2 aromatic rings. The Morgan fingerprint density at radius 3 is 2.17 bits per heavy atom. The first-order chi connectivity index (χ1) is 11.5. The van der Waals surface area contributed by atoms with Crippen LogP contribution in [0.2, 0.25) is 0 Å². The summed E-state index contributed by atoms with van der Waals surface area (Å²) in [7, 11) is 0. The van der Waals surface area contributed by atoms with E-state index in [0.29, 0.717) is 5.56 Å². The molecule has 24 heavy (non-hydrogen) atoms. The lowest BCUT2D eigenvalue weighted by molar-refractivity contribution is -0.385. The van der Waals surface area contributed by atoms with Crippen LogP contribution in [0.1, 0.15) is 11.1 Å². The van der Waals surface area contributed by atoms with Crippen molar-refractivity contribution >= 4 is 17.5 Å². The summed E-state index contributed by atoms with van der Waals surface area (Å²) in [5.41, 5.74) is 5.07. The van der Waals surface area contributed by atoms with Crippen molar-refractivity contribution in [2.75, 3.05) is 0 Å². The monoisotopic (exact) mass is 331 g/mol. The van der Waals surface area contributed by atoms with Crippen molar-refractivity contribution in [1.29, 1.82) is 0 Å². The van der Waals surface area contributed by atoms with Crippen LogP contribution in [0.5, 0.6) is 0 Å². The second-order valence-corrected chi connectivity index (χ2v) is 4.96. The average Bonchev–Trinajstić information content (AvgIpc) is 2.55. The highest BCUT2D eigenvalue weighted by atomic mass is 19.1. The van der Waals surface area contributed by atoms with Gasteiger partial charge in [-0.15, -0.1) is 0 Å². The standard InChI is InChI=1S/C16H14FN3O4/c17-13-7-5-11(6-8-13)9-15(21)18-19-16(22)10-12-3-1-2-4-14(12)20(23)24/h1-8H,9-10H2,(H,18,21)(H,19,22). The molecule has 0 radical (unpaired) electrons. The molecule has 2 rings (SSSR count). The van der Waals surface area contributed by atoms with E-state index in [4.69, 9.17) is 0 Å². The largest absolute Gasteiger partial charge is 0.273 e. The van der Waals surface area contributed by atoms with Crippen molar-refractivity contribution in [3.63, 3.8) is 0 Å². The fraction of sp³-hybridized carbons (Fsp3) is 0.125. The number of nitrogens with one attached hydrogen (secondary N) is 2. The molecule has 2 N–H and O–H groups in total. The molecule has 0 fully saturated rings. The highest BCUT2D eigenvalue weighted by molar-refractivity contribution is 5.84. The maximum atomic E-state index is 12.8. The first-order valence-electron chi connectivity index (χ1n) is 7.00. The first kappa shape index (κ1) is 17.1. The van der Waals surface area contributed by atoms with Gasteiger partial charge in [-0.05, 0) is 17.7 Å². The number of nitro groups is 1. The number of benzene rings is 2. The Balaban J connectivity index is 1.86. The summed E-state index contributed by atoms with van der Waals surface area (Å²) in [6.45, 7) is 0. The number of carbonyl (C=O) groups is 2. The Labute approximate surface area is 136 Å². The predicted molar refractivity (Wildman–Crippen MR) is 83.2 cm³/mol. The zero-order valence-corrected chi connectivity index (χ0v) is 12.5. The van der Waals surface area contributed by atoms with E-state index in [0.717, 1.165) is 0 Å². The van der Waals surface area contributed by atoms with E-state index in [1.807, 2.05) is 0 Å². The average molecular weight is 331 g/mol. The van der Waals surface area contributed by atoms with Gasteiger partial charge in [0.15, 0.2) is 0 Å². The Morgan fingerprint density at radius 1 is 0.958 bits per heavy atom. The maximum absolute atomic E-state index is 12.8. The summed E-state index contributed by atoms with van der Waals surface area (Å²) < 4.78 is 12.8. The first-order valence-corrected chi connectivity index (χ1v) is 7.00. The molecule has 2 aromatic carbocycles. The van der Waals surface area contributed by atoms with E-state index in [1.165, 1.54) is 42.5 Å². The number of hydrogen-bond acceptors (Lipinski definition) is 4. The topological polar surface area (TPSA) is 101 Å². The quantitative estimate of drug-likeness (QED) is 0.643. The normalized spacial score (nSPS) is 10.0. The fourth-order valence-electron chi connectivity index (χ4n) is 2.03. The van der Waals surface area contributed by atoms with E-state index in [-0.39, 0.29) is 24.1 Å². The second kappa shape index (κ2) is 7.82. The molecular weight excluding hydrogens is 317 g/mol. The van der Waals surface area contributed by atoms with Crippen LogP contribution in [0.15, 0.2) is 48.5 Å². The van der Waals surface area contributed by atoms with E-state index >= 15 is 0 Å². The molecule has 0 aromatic heterocycles. The van der Waals surface area contributed by atoms with E-state index < -0.39 is 22.6 Å². The molecule has 0 aliphatic rings. The zero-order valence-electron chi connectivity index (χ0n) is 12.5. The molecule has 0 aliphatic heterocycles. The van der Waals surface area contributed by atoms with Crippen LogP contribution in [0.25, 0.3) is 0 Å². The molecule has 0 saturated heterocycles. The lowest BCUT2D eigenvalue weighted by Crippen LogP contribution is -2.43. The molecule has 0 unspecified atom stereocenters. The predicted octanol–water partition coefficient (Wildman–Crippen LogP) is 1.67. The lowest BCUT2D eigenvalue weighted by atomic mass is 10.1. The van der Waals surface area contributed by atoms with Gasteiger partial charge in [0, 0.05) is 11.6 Å². The van der Waals surface area contributed by atoms with Crippen molar-refractivity contribution in [3.05, 3.63) is 75.6 Å². The zero-order chi connectivity index (χ0) is 17.5. The van der Waals surface area contributed by atoms with Gasteiger partial charge in [0.25, 0.3) is 5.69 Å². The highest BCUT2D eigenvalue weighted by Crippen LogP contribution is 2.17. The summed E-state index contributed by atoms with van der Waals surface area (Å²) in [5.74, 6) is -1.48. The molecule has 0 bridgehead atoms. The molecular formula is C16H14FN3O4. The number of halogens is 1. The summed E-state index contributed by atoms with van der Waals surface area (Å²) in [5, 5.41) is 10.9. The number of nitro benzene ring substituents is 1. The summed E-state index contributed by atoms with van der Waals surface area (Å²) in [6.07, 6.45) is -0.278. The van der Waals surface area contributed by atoms with Gasteiger partial charge in [0.05, 0.1) is 17.8 Å². The minimum atomic E-state index is -0.586. The minimum absolute atomic E-state index is 0.0357. The molecule has 7 nitrogen and oxygen atoms in total. The van der Waals surface area contributed by atoms with E-state index in [1.54, 1.807) is 6.07 Å². The van der Waals surface area contributed by atoms with Crippen molar-refractivity contribution in [1.82, 2.24) is 10.9 Å². The molecule has 8 heteroatoms. The smallest absolute Gasteiger partial charge is 0.273 e. The van der Waals surface area contributed by atoms with Gasteiger partial charge in [-0.3, -0.25) is 30.6 Å². The number of nitrogens with zero attached hydrogens (tertiary/aromatic N) is 1. The molecule has 0 atom stereocenters. The number of hydrazine groups is 1. The molecule has 0 heterocycles. The Morgan fingerprint density at radius 2 is 1.54 bits per heavy atom. The maximum Gasteiger partial charge on any atom is 0.273 e. The number of amides is 2. The molecule has 2 amide bonds. The van der Waals surface area contributed by atoms with Crippen molar-refractivity contribution < 1.29 is 18.9 Å². The minimum Gasteiger partial charge on any atom is -0.273 e. The van der Waals surface area contributed by atoms with Gasteiger partial charge in [-0.25, -0.2) is 4.39 Å². The van der Waals surface area contributed by atoms with Gasteiger partial charge in [-0.2, -0.15) is 0 Å². The van der Waals surface area contributed by atoms with Crippen LogP contribution in [0.3, 0.4) is 0 Å². The lowest BCUT2D eigenvalue weighted by Gasteiger charge is -2.08. The molecule has 0 aliphatic carbocycles. The summed E-state index contributed by atoms with van der Waals surface area (Å²) in [6, 6.07) is 11.3.